The van der Waals surface area contributed by atoms with Crippen LogP contribution in [-0.2, 0) is 4.74 Å². The predicted molar refractivity (Wildman–Crippen MR) is 85.6 cm³/mol. The van der Waals surface area contributed by atoms with Crippen molar-refractivity contribution < 1.29 is 9.84 Å². The summed E-state index contributed by atoms with van der Waals surface area (Å²) in [6, 6.07) is 0. The van der Waals surface area contributed by atoms with Gasteiger partial charge in [0.2, 0.25) is 0 Å². The minimum atomic E-state index is -0.358. The van der Waals surface area contributed by atoms with Crippen molar-refractivity contribution in [3.05, 3.63) is 0 Å². The van der Waals surface area contributed by atoms with E-state index in [9.17, 15) is 5.11 Å². The summed E-state index contributed by atoms with van der Waals surface area (Å²) in [4.78, 5) is 7.51. The number of hydrogen-bond acceptors (Lipinski definition) is 5. The molecular formula is C16H33N3O2. The van der Waals surface area contributed by atoms with Crippen molar-refractivity contribution in [3.8, 4) is 0 Å². The van der Waals surface area contributed by atoms with Crippen LogP contribution in [0.15, 0.2) is 0 Å². The van der Waals surface area contributed by atoms with Crippen LogP contribution in [-0.4, -0.2) is 97.5 Å². The quantitative estimate of drug-likeness (QED) is 0.706. The molecule has 2 heterocycles. The Hall–Kier alpha value is -0.200. The second-order valence-corrected chi connectivity index (χ2v) is 6.73. The molecule has 0 bridgehead atoms. The second kappa shape index (κ2) is 9.06. The third-order valence-corrected chi connectivity index (χ3v) is 4.49. The molecule has 2 aliphatic heterocycles. The van der Waals surface area contributed by atoms with Gasteiger partial charge in [-0.05, 0) is 39.8 Å². The summed E-state index contributed by atoms with van der Waals surface area (Å²) in [5.74, 6) is 0. The van der Waals surface area contributed by atoms with Crippen LogP contribution >= 0.6 is 0 Å². The molecule has 21 heavy (non-hydrogen) atoms. The molecule has 2 aliphatic rings. The predicted octanol–water partition coefficient (Wildman–Crippen LogP) is 0.486. The Kier molecular flexibility index (Phi) is 7.40. The third kappa shape index (κ3) is 6.61. The van der Waals surface area contributed by atoms with Crippen LogP contribution < -0.4 is 0 Å². The fourth-order valence-electron chi connectivity index (χ4n) is 3.14. The molecule has 0 amide bonds. The van der Waals surface area contributed by atoms with Crippen molar-refractivity contribution in [2.75, 3.05) is 65.5 Å². The number of likely N-dealkylation sites (tertiary alicyclic amines) is 1. The Morgan fingerprint density at radius 1 is 0.857 bits per heavy atom. The van der Waals surface area contributed by atoms with E-state index in [-0.39, 0.29) is 12.2 Å². The summed E-state index contributed by atoms with van der Waals surface area (Å²) in [6.45, 7) is 14.6. The lowest BCUT2D eigenvalue weighted by Gasteiger charge is -2.36. The molecule has 5 heteroatoms. The zero-order valence-corrected chi connectivity index (χ0v) is 13.8. The van der Waals surface area contributed by atoms with E-state index >= 15 is 0 Å². The SMILES string of the molecule is CC(C)OC[C@@H](O)CN1CCN(CCN2CCCC2)CC1. The first-order valence-electron chi connectivity index (χ1n) is 8.60. The summed E-state index contributed by atoms with van der Waals surface area (Å²) in [5.41, 5.74) is 0. The maximum Gasteiger partial charge on any atom is 0.0900 e. The molecule has 0 aromatic heterocycles. The normalized spacial score (nSPS) is 24.0. The third-order valence-electron chi connectivity index (χ3n) is 4.49. The zero-order valence-electron chi connectivity index (χ0n) is 13.8. The highest BCUT2D eigenvalue weighted by Gasteiger charge is 2.20. The Bertz CT molecular complexity index is 275. The highest BCUT2D eigenvalue weighted by atomic mass is 16.5. The van der Waals surface area contributed by atoms with E-state index in [1.807, 2.05) is 13.8 Å². The number of hydrogen-bond donors (Lipinski definition) is 1. The Morgan fingerprint density at radius 2 is 1.38 bits per heavy atom. The number of aliphatic hydroxyl groups is 1. The molecule has 1 atom stereocenters. The van der Waals surface area contributed by atoms with E-state index in [0.717, 1.165) is 32.7 Å². The van der Waals surface area contributed by atoms with Crippen molar-refractivity contribution in [1.29, 1.82) is 0 Å². The monoisotopic (exact) mass is 299 g/mol. The van der Waals surface area contributed by atoms with E-state index in [2.05, 4.69) is 14.7 Å². The largest absolute Gasteiger partial charge is 0.389 e. The lowest BCUT2D eigenvalue weighted by molar-refractivity contribution is -0.0147. The lowest BCUT2D eigenvalue weighted by atomic mass is 10.2. The molecule has 0 aromatic rings. The number of β-amino-alcohol motifs (C(OH)–C–C–N with tert-alkyl or cyclic N) is 1. The zero-order chi connectivity index (χ0) is 15.1. The molecule has 1 N–H and O–H groups in total. The molecule has 0 spiro atoms. The fourth-order valence-corrected chi connectivity index (χ4v) is 3.14. The van der Waals surface area contributed by atoms with Crippen LogP contribution in [0.3, 0.4) is 0 Å². The molecule has 124 valence electrons. The van der Waals surface area contributed by atoms with E-state index in [4.69, 9.17) is 4.74 Å². The highest BCUT2D eigenvalue weighted by Crippen LogP contribution is 2.08. The number of nitrogens with zero attached hydrogens (tertiary/aromatic N) is 3. The Balaban J connectivity index is 1.55. The van der Waals surface area contributed by atoms with Crippen LogP contribution in [0.4, 0.5) is 0 Å². The van der Waals surface area contributed by atoms with Gasteiger partial charge in [-0.1, -0.05) is 0 Å². The summed E-state index contributed by atoms with van der Waals surface area (Å²) in [5, 5.41) is 9.98. The molecule has 0 saturated carbocycles. The summed E-state index contributed by atoms with van der Waals surface area (Å²) >= 11 is 0. The van der Waals surface area contributed by atoms with Crippen LogP contribution in [0.2, 0.25) is 0 Å². The van der Waals surface area contributed by atoms with Crippen molar-refractivity contribution >= 4 is 0 Å². The number of ether oxygens (including phenoxy) is 1. The van der Waals surface area contributed by atoms with Gasteiger partial charge in [-0.2, -0.15) is 0 Å². The standard InChI is InChI=1S/C16H33N3O2/c1-15(2)21-14-16(20)13-19-11-9-18(10-12-19)8-7-17-5-3-4-6-17/h15-16,20H,3-14H2,1-2H3/t16-/m0/s1. The van der Waals surface area contributed by atoms with Gasteiger partial charge in [0.25, 0.3) is 0 Å². The van der Waals surface area contributed by atoms with Crippen molar-refractivity contribution in [2.24, 2.45) is 0 Å². The topological polar surface area (TPSA) is 39.2 Å². The number of rotatable bonds is 8. The first kappa shape index (κ1) is 17.2. The lowest BCUT2D eigenvalue weighted by Crippen LogP contribution is -2.50. The van der Waals surface area contributed by atoms with Crippen LogP contribution in [0, 0.1) is 0 Å². The van der Waals surface area contributed by atoms with E-state index in [1.54, 1.807) is 0 Å². The molecule has 0 aromatic carbocycles. The average molecular weight is 299 g/mol. The Labute approximate surface area is 129 Å². The van der Waals surface area contributed by atoms with Crippen molar-refractivity contribution in [2.45, 2.75) is 38.9 Å². The van der Waals surface area contributed by atoms with Gasteiger partial charge < -0.3 is 14.7 Å². The van der Waals surface area contributed by atoms with Gasteiger partial charge in [-0.25, -0.2) is 0 Å². The van der Waals surface area contributed by atoms with Crippen LogP contribution in [0.5, 0.6) is 0 Å². The smallest absolute Gasteiger partial charge is 0.0900 e. The van der Waals surface area contributed by atoms with Gasteiger partial charge >= 0.3 is 0 Å². The Morgan fingerprint density at radius 3 is 1.95 bits per heavy atom. The summed E-state index contributed by atoms with van der Waals surface area (Å²) in [7, 11) is 0. The van der Waals surface area contributed by atoms with Gasteiger partial charge in [-0.3, -0.25) is 9.80 Å². The summed E-state index contributed by atoms with van der Waals surface area (Å²) in [6.07, 6.45) is 2.60. The second-order valence-electron chi connectivity index (χ2n) is 6.73. The minimum Gasteiger partial charge on any atom is -0.389 e. The number of aliphatic hydroxyl groups excluding tert-OH is 1. The molecule has 0 radical (unpaired) electrons. The molecule has 2 saturated heterocycles. The maximum atomic E-state index is 9.98. The first-order chi connectivity index (χ1) is 10.1. The average Bonchev–Trinajstić information content (AvgIpc) is 2.98. The fraction of sp³-hybridized carbons (Fsp3) is 1.00. The molecular weight excluding hydrogens is 266 g/mol. The van der Waals surface area contributed by atoms with Gasteiger partial charge in [0.05, 0.1) is 18.8 Å². The molecule has 5 nitrogen and oxygen atoms in total. The maximum absolute atomic E-state index is 9.98. The van der Waals surface area contributed by atoms with Gasteiger partial charge in [-0.15, -0.1) is 0 Å². The van der Waals surface area contributed by atoms with Crippen LogP contribution in [0.25, 0.3) is 0 Å². The molecule has 2 fully saturated rings. The first-order valence-corrected chi connectivity index (χ1v) is 8.60. The van der Waals surface area contributed by atoms with E-state index in [0.29, 0.717) is 6.61 Å². The molecule has 2 rings (SSSR count). The molecule has 0 unspecified atom stereocenters. The van der Waals surface area contributed by atoms with Crippen molar-refractivity contribution in [3.63, 3.8) is 0 Å². The highest BCUT2D eigenvalue weighted by molar-refractivity contribution is 4.76. The van der Waals surface area contributed by atoms with Gasteiger partial charge in [0.15, 0.2) is 0 Å². The van der Waals surface area contributed by atoms with Crippen LogP contribution in [0.1, 0.15) is 26.7 Å². The van der Waals surface area contributed by atoms with E-state index in [1.165, 1.54) is 39.0 Å². The van der Waals surface area contributed by atoms with E-state index < -0.39 is 0 Å². The van der Waals surface area contributed by atoms with Gasteiger partial charge in [0, 0.05) is 45.8 Å². The minimum absolute atomic E-state index is 0.196. The number of piperazine rings is 1. The van der Waals surface area contributed by atoms with Crippen molar-refractivity contribution in [1.82, 2.24) is 14.7 Å². The van der Waals surface area contributed by atoms with Gasteiger partial charge in [0.1, 0.15) is 0 Å². The molecule has 0 aliphatic carbocycles. The summed E-state index contributed by atoms with van der Waals surface area (Å²) < 4.78 is 5.47.